The van der Waals surface area contributed by atoms with Crippen LogP contribution in [0.3, 0.4) is 0 Å². The van der Waals surface area contributed by atoms with Crippen LogP contribution in [0.2, 0.25) is 0 Å². The van der Waals surface area contributed by atoms with E-state index < -0.39 is 0 Å². The summed E-state index contributed by atoms with van der Waals surface area (Å²) in [6.45, 7) is 1.76. The normalized spacial score (nSPS) is 17.5. The van der Waals surface area contributed by atoms with Crippen LogP contribution in [0.1, 0.15) is 42.1 Å². The van der Waals surface area contributed by atoms with Crippen LogP contribution in [0.5, 0.6) is 0 Å². The zero-order chi connectivity index (χ0) is 22.6. The molecule has 2 N–H and O–H groups in total. The largest absolute Gasteiger partial charge is 0.347 e. The van der Waals surface area contributed by atoms with Gasteiger partial charge in [-0.15, -0.1) is 0 Å². The third-order valence-electron chi connectivity index (χ3n) is 7.05. The van der Waals surface area contributed by atoms with Gasteiger partial charge >= 0.3 is 0 Å². The summed E-state index contributed by atoms with van der Waals surface area (Å²) < 4.78 is 13.6. The van der Waals surface area contributed by atoms with Gasteiger partial charge in [0.2, 0.25) is 5.91 Å². The molecule has 1 aliphatic carbocycles. The Balaban J connectivity index is 1.44. The van der Waals surface area contributed by atoms with Crippen molar-refractivity contribution in [1.29, 1.82) is 0 Å². The summed E-state index contributed by atoms with van der Waals surface area (Å²) in [6.07, 6.45) is 6.39. The van der Waals surface area contributed by atoms with E-state index in [9.17, 15) is 9.18 Å². The summed E-state index contributed by atoms with van der Waals surface area (Å²) in [6, 6.07) is 18.9. The predicted octanol–water partition coefficient (Wildman–Crippen LogP) is 4.85. The van der Waals surface area contributed by atoms with Crippen molar-refractivity contribution in [3.8, 4) is 11.1 Å². The molecule has 5 rings (SSSR count). The summed E-state index contributed by atoms with van der Waals surface area (Å²) in [4.78, 5) is 18.0. The van der Waals surface area contributed by atoms with Gasteiger partial charge in [0.15, 0.2) is 0 Å². The van der Waals surface area contributed by atoms with Crippen LogP contribution in [0.15, 0.2) is 66.9 Å². The molecule has 2 aromatic carbocycles. The Kier molecular flexibility index (Phi) is 6.49. The van der Waals surface area contributed by atoms with Gasteiger partial charge in [0.05, 0.1) is 11.7 Å². The molecule has 0 unspecified atom stereocenters. The lowest BCUT2D eigenvalue weighted by Gasteiger charge is -2.28. The number of fused-ring (bicyclic) bond motifs is 1. The van der Waals surface area contributed by atoms with E-state index in [0.29, 0.717) is 5.92 Å². The fraction of sp³-hybridized carbons (Fsp3) is 0.357. The maximum atomic E-state index is 13.6. The van der Waals surface area contributed by atoms with E-state index in [4.69, 9.17) is 4.98 Å². The van der Waals surface area contributed by atoms with Crippen molar-refractivity contribution in [3.05, 3.63) is 89.5 Å². The quantitative estimate of drug-likeness (QED) is 0.573. The number of benzene rings is 2. The van der Waals surface area contributed by atoms with Crippen LogP contribution >= 0.6 is 0 Å². The lowest BCUT2D eigenvalue weighted by atomic mass is 9.90. The van der Waals surface area contributed by atoms with Crippen LogP contribution in [-0.4, -0.2) is 24.0 Å². The van der Waals surface area contributed by atoms with Gasteiger partial charge in [-0.25, -0.2) is 4.39 Å². The van der Waals surface area contributed by atoms with E-state index in [2.05, 4.69) is 34.9 Å². The second kappa shape index (κ2) is 9.84. The number of rotatable bonds is 6. The number of amides is 1. The first kappa shape index (κ1) is 21.8. The molecule has 1 amide bonds. The van der Waals surface area contributed by atoms with Crippen LogP contribution in [-0.2, 0) is 17.6 Å². The minimum atomic E-state index is -0.260. The number of nitrogens with zero attached hydrogens (tertiary/aromatic N) is 1. The number of carbonyl (C=O) groups is 1. The molecule has 2 heterocycles. The molecule has 3 aromatic rings. The van der Waals surface area contributed by atoms with Crippen molar-refractivity contribution in [3.63, 3.8) is 0 Å². The van der Waals surface area contributed by atoms with Gasteiger partial charge < -0.3 is 10.6 Å². The maximum Gasteiger partial charge on any atom is 0.223 e. The third-order valence-corrected chi connectivity index (χ3v) is 7.05. The highest BCUT2D eigenvalue weighted by Crippen LogP contribution is 2.36. The Hall–Kier alpha value is -3.05. The van der Waals surface area contributed by atoms with Crippen molar-refractivity contribution in [2.45, 2.75) is 38.1 Å². The summed E-state index contributed by atoms with van der Waals surface area (Å²) in [5.41, 5.74) is 5.54. The molecular weight excluding hydrogens is 413 g/mol. The molecule has 170 valence electrons. The Labute approximate surface area is 194 Å². The van der Waals surface area contributed by atoms with Gasteiger partial charge in [0.1, 0.15) is 5.82 Å². The van der Waals surface area contributed by atoms with E-state index in [1.807, 2.05) is 12.1 Å². The van der Waals surface area contributed by atoms with Gasteiger partial charge in [0.25, 0.3) is 0 Å². The minimum absolute atomic E-state index is 0.0347. The molecule has 1 fully saturated rings. The number of hydrogen-bond acceptors (Lipinski definition) is 3. The third kappa shape index (κ3) is 4.98. The molecule has 1 aliphatic heterocycles. The zero-order valence-electron chi connectivity index (χ0n) is 18.8. The van der Waals surface area contributed by atoms with Gasteiger partial charge in [-0.05, 0) is 86.0 Å². The van der Waals surface area contributed by atoms with E-state index in [1.54, 1.807) is 18.3 Å². The first-order valence-electron chi connectivity index (χ1n) is 12.0. The number of pyridine rings is 1. The fourth-order valence-electron chi connectivity index (χ4n) is 5.33. The Morgan fingerprint density at radius 1 is 1.00 bits per heavy atom. The summed E-state index contributed by atoms with van der Waals surface area (Å²) in [5.74, 6) is 0.340. The SMILES string of the molecule is O=C(N[C@H](CC1Cc2ccccc2C1)c1ncccc1-c1ccc(F)cc1)C1CCNCC1. The van der Waals surface area contributed by atoms with Crippen LogP contribution in [0.4, 0.5) is 4.39 Å². The highest BCUT2D eigenvalue weighted by Gasteiger charge is 2.30. The number of aromatic nitrogens is 1. The predicted molar refractivity (Wildman–Crippen MR) is 128 cm³/mol. The first-order valence-corrected chi connectivity index (χ1v) is 12.0. The molecule has 1 saturated heterocycles. The average Bonchev–Trinajstić information content (AvgIpc) is 3.27. The van der Waals surface area contributed by atoms with Gasteiger partial charge in [0, 0.05) is 17.7 Å². The number of carbonyl (C=O) groups excluding carboxylic acids is 1. The molecule has 2 aliphatic rings. The molecule has 0 spiro atoms. The molecule has 33 heavy (non-hydrogen) atoms. The van der Waals surface area contributed by atoms with Crippen molar-refractivity contribution in [2.75, 3.05) is 13.1 Å². The summed E-state index contributed by atoms with van der Waals surface area (Å²) >= 11 is 0. The van der Waals surface area contributed by atoms with E-state index in [-0.39, 0.29) is 23.7 Å². The molecule has 0 bridgehead atoms. The van der Waals surface area contributed by atoms with Gasteiger partial charge in [-0.1, -0.05) is 42.5 Å². The number of halogens is 1. The topological polar surface area (TPSA) is 54.0 Å². The lowest BCUT2D eigenvalue weighted by molar-refractivity contribution is -0.126. The second-order valence-corrected chi connectivity index (χ2v) is 9.31. The molecule has 1 aromatic heterocycles. The van der Waals surface area contributed by atoms with Crippen LogP contribution < -0.4 is 10.6 Å². The summed E-state index contributed by atoms with van der Waals surface area (Å²) in [5, 5.41) is 6.71. The Morgan fingerprint density at radius 2 is 1.70 bits per heavy atom. The standard InChI is InChI=1S/C28H30FN3O/c29-24-9-7-20(8-10-24)25-6-3-13-31-27(25)26(32-28(33)21-11-14-30-15-12-21)18-19-16-22-4-1-2-5-23(22)17-19/h1-10,13,19,21,26,30H,11-12,14-18H2,(H,32,33)/t26-/m1/s1. The number of nitrogens with one attached hydrogen (secondary N) is 2. The smallest absolute Gasteiger partial charge is 0.223 e. The molecule has 5 heteroatoms. The molecular formula is C28H30FN3O. The van der Waals surface area contributed by atoms with Crippen LogP contribution in [0, 0.1) is 17.7 Å². The first-order chi connectivity index (χ1) is 16.2. The minimum Gasteiger partial charge on any atom is -0.347 e. The molecule has 4 nitrogen and oxygen atoms in total. The highest BCUT2D eigenvalue weighted by atomic mass is 19.1. The van der Waals surface area contributed by atoms with E-state index in [0.717, 1.165) is 62.0 Å². The Bertz CT molecular complexity index is 1080. The van der Waals surface area contributed by atoms with Crippen LogP contribution in [0.25, 0.3) is 11.1 Å². The lowest BCUT2D eigenvalue weighted by Crippen LogP contribution is -2.40. The second-order valence-electron chi connectivity index (χ2n) is 9.31. The maximum absolute atomic E-state index is 13.6. The van der Waals surface area contributed by atoms with Crippen molar-refractivity contribution < 1.29 is 9.18 Å². The molecule has 0 radical (unpaired) electrons. The molecule has 0 saturated carbocycles. The van der Waals surface area contributed by atoms with E-state index in [1.165, 1.54) is 23.3 Å². The molecule has 1 atom stereocenters. The van der Waals surface area contributed by atoms with Gasteiger partial charge in [-0.2, -0.15) is 0 Å². The highest BCUT2D eigenvalue weighted by molar-refractivity contribution is 5.79. The van der Waals surface area contributed by atoms with Gasteiger partial charge in [-0.3, -0.25) is 9.78 Å². The van der Waals surface area contributed by atoms with Crippen molar-refractivity contribution >= 4 is 5.91 Å². The van der Waals surface area contributed by atoms with Crippen molar-refractivity contribution in [1.82, 2.24) is 15.6 Å². The number of piperidine rings is 1. The fourth-order valence-corrected chi connectivity index (χ4v) is 5.33. The Morgan fingerprint density at radius 3 is 2.39 bits per heavy atom. The van der Waals surface area contributed by atoms with Crippen molar-refractivity contribution in [2.24, 2.45) is 11.8 Å². The average molecular weight is 444 g/mol. The van der Waals surface area contributed by atoms with E-state index >= 15 is 0 Å². The number of hydrogen-bond donors (Lipinski definition) is 2. The monoisotopic (exact) mass is 443 g/mol. The zero-order valence-corrected chi connectivity index (χ0v) is 18.8. The summed E-state index contributed by atoms with van der Waals surface area (Å²) in [7, 11) is 0.